The van der Waals surface area contributed by atoms with Crippen LogP contribution in [0.3, 0.4) is 0 Å². The summed E-state index contributed by atoms with van der Waals surface area (Å²) in [6.07, 6.45) is 0. The third kappa shape index (κ3) is 4.65. The van der Waals surface area contributed by atoms with E-state index in [2.05, 4.69) is 10.9 Å². The molecular formula is C16H16N2O4S. The quantitative estimate of drug-likeness (QED) is 0.649. The first-order valence-electron chi connectivity index (χ1n) is 6.86. The number of hydrogen-bond acceptors (Lipinski definition) is 5. The zero-order chi connectivity index (χ0) is 16.8. The maximum absolute atomic E-state index is 11.8. The SMILES string of the molecule is CC(=O)c1ccc(C(=O)NNC(=O)COc2ccccc2C)s1. The molecule has 0 fully saturated rings. The van der Waals surface area contributed by atoms with Gasteiger partial charge in [-0.1, -0.05) is 18.2 Å². The van der Waals surface area contributed by atoms with Crippen LogP contribution in [0.1, 0.15) is 31.8 Å². The molecule has 0 radical (unpaired) electrons. The highest BCUT2D eigenvalue weighted by atomic mass is 32.1. The smallest absolute Gasteiger partial charge is 0.279 e. The molecule has 0 unspecified atom stereocenters. The van der Waals surface area contributed by atoms with Gasteiger partial charge in [-0.15, -0.1) is 11.3 Å². The minimum Gasteiger partial charge on any atom is -0.483 e. The van der Waals surface area contributed by atoms with E-state index in [0.29, 0.717) is 15.5 Å². The topological polar surface area (TPSA) is 84.5 Å². The number of thiophene rings is 1. The summed E-state index contributed by atoms with van der Waals surface area (Å²) in [5, 5.41) is 0. The second-order valence-corrected chi connectivity index (χ2v) is 5.86. The van der Waals surface area contributed by atoms with Gasteiger partial charge in [0.2, 0.25) is 0 Å². The number of Topliss-reactive ketones (excluding diaryl/α,β-unsaturated/α-hetero) is 1. The van der Waals surface area contributed by atoms with Gasteiger partial charge in [-0.05, 0) is 37.6 Å². The summed E-state index contributed by atoms with van der Waals surface area (Å²) in [6.45, 7) is 3.09. The van der Waals surface area contributed by atoms with Crippen molar-refractivity contribution in [2.75, 3.05) is 6.61 Å². The lowest BCUT2D eigenvalue weighted by Crippen LogP contribution is -2.43. The molecule has 2 amide bonds. The average Bonchev–Trinajstić information content (AvgIpc) is 3.02. The van der Waals surface area contributed by atoms with Crippen molar-refractivity contribution in [1.82, 2.24) is 10.9 Å². The van der Waals surface area contributed by atoms with E-state index in [1.54, 1.807) is 12.1 Å². The largest absolute Gasteiger partial charge is 0.483 e. The van der Waals surface area contributed by atoms with Crippen LogP contribution in [0.15, 0.2) is 36.4 Å². The molecule has 0 spiro atoms. The van der Waals surface area contributed by atoms with Crippen molar-refractivity contribution in [3.8, 4) is 5.75 Å². The number of hydrogen-bond donors (Lipinski definition) is 2. The molecule has 0 atom stereocenters. The fraction of sp³-hybridized carbons (Fsp3) is 0.188. The number of carbonyl (C=O) groups excluding carboxylic acids is 3. The van der Waals surface area contributed by atoms with Crippen molar-refractivity contribution in [1.29, 1.82) is 0 Å². The fourth-order valence-electron chi connectivity index (χ4n) is 1.73. The summed E-state index contributed by atoms with van der Waals surface area (Å²) in [7, 11) is 0. The van der Waals surface area contributed by atoms with E-state index >= 15 is 0 Å². The first kappa shape index (κ1) is 16.7. The Morgan fingerprint density at radius 1 is 1.04 bits per heavy atom. The van der Waals surface area contributed by atoms with Crippen LogP contribution in [0.5, 0.6) is 5.75 Å². The van der Waals surface area contributed by atoms with Gasteiger partial charge in [0.15, 0.2) is 12.4 Å². The van der Waals surface area contributed by atoms with Gasteiger partial charge in [0.05, 0.1) is 9.75 Å². The van der Waals surface area contributed by atoms with Gasteiger partial charge in [-0.3, -0.25) is 25.2 Å². The van der Waals surface area contributed by atoms with Crippen molar-refractivity contribution in [2.45, 2.75) is 13.8 Å². The van der Waals surface area contributed by atoms with E-state index in [9.17, 15) is 14.4 Å². The summed E-state index contributed by atoms with van der Waals surface area (Å²) in [5.74, 6) is -0.459. The van der Waals surface area contributed by atoms with Crippen molar-refractivity contribution >= 4 is 28.9 Å². The number of rotatable bonds is 5. The van der Waals surface area contributed by atoms with Gasteiger partial charge in [-0.25, -0.2) is 0 Å². The Morgan fingerprint density at radius 2 is 1.74 bits per heavy atom. The standard InChI is InChI=1S/C16H16N2O4S/c1-10-5-3-4-6-12(10)22-9-15(20)17-18-16(21)14-8-7-13(23-14)11(2)19/h3-8H,9H2,1-2H3,(H,17,20)(H,18,21). The molecule has 2 aromatic rings. The Balaban J connectivity index is 1.80. The van der Waals surface area contributed by atoms with Crippen LogP contribution in [0.25, 0.3) is 0 Å². The molecule has 2 rings (SSSR count). The van der Waals surface area contributed by atoms with Crippen molar-refractivity contribution in [3.05, 3.63) is 51.7 Å². The van der Waals surface area contributed by atoms with Gasteiger partial charge >= 0.3 is 0 Å². The summed E-state index contributed by atoms with van der Waals surface area (Å²) < 4.78 is 5.37. The van der Waals surface area contributed by atoms with E-state index in [0.717, 1.165) is 16.9 Å². The van der Waals surface area contributed by atoms with Crippen LogP contribution < -0.4 is 15.6 Å². The average molecular weight is 332 g/mol. The monoisotopic (exact) mass is 332 g/mol. The molecule has 0 bridgehead atoms. The van der Waals surface area contributed by atoms with Crippen molar-refractivity contribution in [3.63, 3.8) is 0 Å². The zero-order valence-corrected chi connectivity index (χ0v) is 13.5. The molecule has 6 nitrogen and oxygen atoms in total. The predicted octanol–water partition coefficient (Wildman–Crippen LogP) is 2.10. The number of nitrogens with one attached hydrogen (secondary N) is 2. The van der Waals surface area contributed by atoms with E-state index in [-0.39, 0.29) is 12.4 Å². The second kappa shape index (κ2) is 7.55. The van der Waals surface area contributed by atoms with Crippen molar-refractivity contribution in [2.24, 2.45) is 0 Å². The van der Waals surface area contributed by atoms with Crippen LogP contribution >= 0.6 is 11.3 Å². The van der Waals surface area contributed by atoms with Crippen LogP contribution in [-0.2, 0) is 4.79 Å². The van der Waals surface area contributed by atoms with Gasteiger partial charge in [0, 0.05) is 0 Å². The molecule has 0 saturated carbocycles. The number of benzene rings is 1. The fourth-order valence-corrected chi connectivity index (χ4v) is 2.53. The maximum Gasteiger partial charge on any atom is 0.279 e. The summed E-state index contributed by atoms with van der Waals surface area (Å²) >= 11 is 1.07. The van der Waals surface area contributed by atoms with Crippen LogP contribution in [0.2, 0.25) is 0 Å². The van der Waals surface area contributed by atoms with Crippen LogP contribution in [0.4, 0.5) is 0 Å². The highest BCUT2D eigenvalue weighted by Crippen LogP contribution is 2.17. The molecule has 1 heterocycles. The zero-order valence-electron chi connectivity index (χ0n) is 12.7. The number of para-hydroxylation sites is 1. The Hall–Kier alpha value is -2.67. The lowest BCUT2D eigenvalue weighted by Gasteiger charge is -2.09. The number of hydrazine groups is 1. The number of carbonyl (C=O) groups is 3. The molecule has 0 aliphatic rings. The maximum atomic E-state index is 11.8. The highest BCUT2D eigenvalue weighted by molar-refractivity contribution is 7.15. The number of ketones is 1. The molecule has 23 heavy (non-hydrogen) atoms. The number of aryl methyl sites for hydroxylation is 1. The Morgan fingerprint density at radius 3 is 2.39 bits per heavy atom. The van der Waals surface area contributed by atoms with E-state index in [1.807, 2.05) is 25.1 Å². The third-order valence-corrected chi connectivity index (χ3v) is 4.13. The van der Waals surface area contributed by atoms with Crippen LogP contribution in [0, 0.1) is 6.92 Å². The summed E-state index contributed by atoms with van der Waals surface area (Å²) in [6, 6.07) is 10.4. The summed E-state index contributed by atoms with van der Waals surface area (Å²) in [5.41, 5.74) is 5.47. The lowest BCUT2D eigenvalue weighted by molar-refractivity contribution is -0.123. The summed E-state index contributed by atoms with van der Waals surface area (Å²) in [4.78, 5) is 35.5. The Labute approximate surface area is 137 Å². The molecule has 0 aliphatic carbocycles. The first-order valence-corrected chi connectivity index (χ1v) is 7.67. The van der Waals surface area contributed by atoms with E-state index in [4.69, 9.17) is 4.74 Å². The van der Waals surface area contributed by atoms with Gasteiger partial charge in [0.25, 0.3) is 11.8 Å². The van der Waals surface area contributed by atoms with Gasteiger partial charge in [-0.2, -0.15) is 0 Å². The normalized spacial score (nSPS) is 10.0. The Kier molecular flexibility index (Phi) is 5.48. The molecule has 0 saturated heterocycles. The molecule has 1 aromatic carbocycles. The first-order chi connectivity index (χ1) is 11.0. The van der Waals surface area contributed by atoms with E-state index < -0.39 is 11.8 Å². The van der Waals surface area contributed by atoms with E-state index in [1.165, 1.54) is 13.0 Å². The number of ether oxygens (including phenoxy) is 1. The molecule has 120 valence electrons. The molecule has 2 N–H and O–H groups in total. The minimum atomic E-state index is -0.482. The molecule has 1 aromatic heterocycles. The van der Waals surface area contributed by atoms with Gasteiger partial charge < -0.3 is 4.74 Å². The van der Waals surface area contributed by atoms with Gasteiger partial charge in [0.1, 0.15) is 5.75 Å². The van der Waals surface area contributed by atoms with Crippen molar-refractivity contribution < 1.29 is 19.1 Å². The predicted molar refractivity (Wildman–Crippen MR) is 86.6 cm³/mol. The molecular weight excluding hydrogens is 316 g/mol. The molecule has 7 heteroatoms. The Bertz CT molecular complexity index is 739. The minimum absolute atomic E-state index is 0.107. The second-order valence-electron chi connectivity index (χ2n) is 4.78. The third-order valence-electron chi connectivity index (χ3n) is 2.94. The lowest BCUT2D eigenvalue weighted by atomic mass is 10.2. The molecule has 0 aliphatic heterocycles. The number of amides is 2. The van der Waals surface area contributed by atoms with Crippen LogP contribution in [-0.4, -0.2) is 24.2 Å². The highest BCUT2D eigenvalue weighted by Gasteiger charge is 2.12.